The molecule has 0 aliphatic heterocycles. The predicted molar refractivity (Wildman–Crippen MR) is 96.2 cm³/mol. The first kappa shape index (κ1) is 19.0. The first-order valence-electron chi connectivity index (χ1n) is 8.86. The van der Waals surface area contributed by atoms with E-state index >= 15 is 0 Å². The fourth-order valence-corrected chi connectivity index (χ4v) is 3.80. The Balaban J connectivity index is 1.92. The van der Waals surface area contributed by atoms with Gasteiger partial charge in [0.2, 0.25) is 0 Å². The number of hydrogen-bond acceptors (Lipinski definition) is 2. The maximum Gasteiger partial charge on any atom is 0.307 e. The van der Waals surface area contributed by atoms with Crippen LogP contribution in [0.4, 0.5) is 0 Å². The van der Waals surface area contributed by atoms with Crippen LogP contribution in [0.15, 0.2) is 24.3 Å². The van der Waals surface area contributed by atoms with Gasteiger partial charge in [-0.25, -0.2) is 0 Å². The lowest BCUT2D eigenvalue weighted by atomic mass is 9.74. The summed E-state index contributed by atoms with van der Waals surface area (Å²) in [4.78, 5) is 24.1. The average Bonchev–Trinajstić information content (AvgIpc) is 2.56. The molecule has 3 nitrogen and oxygen atoms in total. The van der Waals surface area contributed by atoms with E-state index in [2.05, 4.69) is 13.8 Å². The van der Waals surface area contributed by atoms with E-state index in [1.807, 2.05) is 12.1 Å². The number of rotatable bonds is 7. The van der Waals surface area contributed by atoms with Crippen molar-refractivity contribution in [2.24, 2.45) is 23.7 Å². The summed E-state index contributed by atoms with van der Waals surface area (Å²) in [7, 11) is 0. The minimum absolute atomic E-state index is 0.0482. The quantitative estimate of drug-likeness (QED) is 0.752. The van der Waals surface area contributed by atoms with Gasteiger partial charge in [-0.2, -0.15) is 0 Å². The molecule has 1 aliphatic rings. The third-order valence-electron chi connectivity index (χ3n) is 5.36. The van der Waals surface area contributed by atoms with Crippen molar-refractivity contribution in [1.29, 1.82) is 0 Å². The lowest BCUT2D eigenvalue weighted by molar-refractivity contribution is -0.144. The first-order chi connectivity index (χ1) is 11.4. The molecule has 2 rings (SSSR count). The maximum absolute atomic E-state index is 12.5. The Bertz CT molecular complexity index is 557. The van der Waals surface area contributed by atoms with Gasteiger partial charge in [0.15, 0.2) is 0 Å². The zero-order valence-corrected chi connectivity index (χ0v) is 15.3. The standard InChI is InChI=1S/C20H27ClO3/c1-13(2)15-5-7-16(8-6-15)19(22)12-17(20(23)24)11-14-3-9-18(21)10-4-14/h3-4,9-10,13,15-17H,5-8,11-12H2,1-2H3,(H,23,24). The Labute approximate surface area is 149 Å². The van der Waals surface area contributed by atoms with Gasteiger partial charge in [0, 0.05) is 17.4 Å². The molecular formula is C20H27ClO3. The molecule has 1 aliphatic carbocycles. The van der Waals surface area contributed by atoms with E-state index in [0.29, 0.717) is 23.3 Å². The SMILES string of the molecule is CC(C)C1CCC(C(=O)CC(Cc2ccc(Cl)cc2)C(=O)O)CC1. The molecule has 0 radical (unpaired) electrons. The molecule has 0 spiro atoms. The van der Waals surface area contributed by atoms with Crippen LogP contribution in [-0.2, 0) is 16.0 Å². The van der Waals surface area contributed by atoms with Gasteiger partial charge in [-0.15, -0.1) is 0 Å². The van der Waals surface area contributed by atoms with E-state index in [1.54, 1.807) is 12.1 Å². The van der Waals surface area contributed by atoms with Gasteiger partial charge < -0.3 is 5.11 Å². The second kappa shape index (κ2) is 8.66. The lowest BCUT2D eigenvalue weighted by Crippen LogP contribution is -2.28. The number of halogens is 1. The summed E-state index contributed by atoms with van der Waals surface area (Å²) in [6, 6.07) is 7.17. The summed E-state index contributed by atoms with van der Waals surface area (Å²) >= 11 is 5.86. The highest BCUT2D eigenvalue weighted by Gasteiger charge is 2.30. The predicted octanol–water partition coefficient (Wildman–Crippen LogP) is 5.00. The van der Waals surface area contributed by atoms with Crippen LogP contribution in [0, 0.1) is 23.7 Å². The minimum atomic E-state index is -0.894. The highest BCUT2D eigenvalue weighted by Crippen LogP contribution is 2.34. The Hall–Kier alpha value is -1.35. The van der Waals surface area contributed by atoms with Crippen LogP contribution >= 0.6 is 11.6 Å². The number of carboxylic acids is 1. The molecule has 0 bridgehead atoms. The summed E-state index contributed by atoms with van der Waals surface area (Å²) in [5, 5.41) is 10.1. The lowest BCUT2D eigenvalue weighted by Gasteiger charge is -2.30. The molecule has 0 saturated heterocycles. The van der Waals surface area contributed by atoms with Crippen LogP contribution in [0.2, 0.25) is 5.02 Å². The summed E-state index contributed by atoms with van der Waals surface area (Å²) in [5.74, 6) is -0.00239. The van der Waals surface area contributed by atoms with Crippen molar-refractivity contribution in [3.05, 3.63) is 34.9 Å². The van der Waals surface area contributed by atoms with Crippen LogP contribution in [0.1, 0.15) is 51.5 Å². The molecule has 1 saturated carbocycles. The fourth-order valence-electron chi connectivity index (χ4n) is 3.67. The van der Waals surface area contributed by atoms with E-state index in [1.165, 1.54) is 0 Å². The molecule has 0 amide bonds. The first-order valence-corrected chi connectivity index (χ1v) is 9.24. The molecule has 1 atom stereocenters. The molecule has 0 heterocycles. The van der Waals surface area contributed by atoms with E-state index < -0.39 is 11.9 Å². The topological polar surface area (TPSA) is 54.4 Å². The number of benzene rings is 1. The third kappa shape index (κ3) is 5.34. The number of carbonyl (C=O) groups is 2. The van der Waals surface area contributed by atoms with Gasteiger partial charge in [-0.05, 0) is 61.6 Å². The molecule has 24 heavy (non-hydrogen) atoms. The molecule has 1 unspecified atom stereocenters. The fraction of sp³-hybridized carbons (Fsp3) is 0.600. The molecule has 4 heteroatoms. The summed E-state index contributed by atoms with van der Waals surface area (Å²) in [6.45, 7) is 4.47. The average molecular weight is 351 g/mol. The Morgan fingerprint density at radius 1 is 1.12 bits per heavy atom. The van der Waals surface area contributed by atoms with E-state index in [0.717, 1.165) is 31.2 Å². The van der Waals surface area contributed by atoms with E-state index in [4.69, 9.17) is 11.6 Å². The third-order valence-corrected chi connectivity index (χ3v) is 5.61. The van der Waals surface area contributed by atoms with Gasteiger partial charge in [0.05, 0.1) is 5.92 Å². The van der Waals surface area contributed by atoms with E-state index in [9.17, 15) is 14.7 Å². The molecule has 1 fully saturated rings. The van der Waals surface area contributed by atoms with Gasteiger partial charge in [-0.1, -0.05) is 37.6 Å². The maximum atomic E-state index is 12.5. The van der Waals surface area contributed by atoms with Crippen LogP contribution in [0.25, 0.3) is 0 Å². The van der Waals surface area contributed by atoms with Crippen molar-refractivity contribution in [2.45, 2.75) is 52.4 Å². The molecule has 1 aromatic carbocycles. The monoisotopic (exact) mass is 350 g/mol. The van der Waals surface area contributed by atoms with Crippen LogP contribution in [-0.4, -0.2) is 16.9 Å². The van der Waals surface area contributed by atoms with Crippen molar-refractivity contribution in [2.75, 3.05) is 0 Å². The van der Waals surface area contributed by atoms with Gasteiger partial charge in [0.1, 0.15) is 5.78 Å². The number of aliphatic carboxylic acids is 1. The number of carbonyl (C=O) groups excluding carboxylic acids is 1. The smallest absolute Gasteiger partial charge is 0.307 e. The Kier molecular flexibility index (Phi) is 6.85. The van der Waals surface area contributed by atoms with Crippen molar-refractivity contribution < 1.29 is 14.7 Å². The molecular weight excluding hydrogens is 324 g/mol. The zero-order chi connectivity index (χ0) is 17.7. The number of Topliss-reactive ketones (excluding diaryl/α,β-unsaturated/α-hetero) is 1. The summed E-state index contributed by atoms with van der Waals surface area (Å²) in [5.41, 5.74) is 0.906. The van der Waals surface area contributed by atoms with E-state index in [-0.39, 0.29) is 18.1 Å². The second-order valence-electron chi connectivity index (χ2n) is 7.39. The Morgan fingerprint density at radius 3 is 2.21 bits per heavy atom. The largest absolute Gasteiger partial charge is 0.481 e. The van der Waals surface area contributed by atoms with Gasteiger partial charge in [-0.3, -0.25) is 9.59 Å². The Morgan fingerprint density at radius 2 is 1.71 bits per heavy atom. The summed E-state index contributed by atoms with van der Waals surface area (Å²) < 4.78 is 0. The van der Waals surface area contributed by atoms with Crippen molar-refractivity contribution >= 4 is 23.4 Å². The highest BCUT2D eigenvalue weighted by molar-refractivity contribution is 6.30. The number of carboxylic acid groups (broad SMARTS) is 1. The van der Waals surface area contributed by atoms with Crippen molar-refractivity contribution in [3.8, 4) is 0 Å². The van der Waals surface area contributed by atoms with Crippen LogP contribution in [0.5, 0.6) is 0 Å². The molecule has 132 valence electrons. The van der Waals surface area contributed by atoms with Gasteiger partial charge >= 0.3 is 5.97 Å². The summed E-state index contributed by atoms with van der Waals surface area (Å²) in [6.07, 6.45) is 4.50. The normalized spacial score (nSPS) is 22.3. The van der Waals surface area contributed by atoms with Crippen molar-refractivity contribution in [3.63, 3.8) is 0 Å². The van der Waals surface area contributed by atoms with Crippen LogP contribution < -0.4 is 0 Å². The zero-order valence-electron chi connectivity index (χ0n) is 14.5. The minimum Gasteiger partial charge on any atom is -0.481 e. The number of hydrogen-bond donors (Lipinski definition) is 1. The molecule has 1 N–H and O–H groups in total. The molecule has 1 aromatic rings. The molecule has 0 aromatic heterocycles. The van der Waals surface area contributed by atoms with Crippen molar-refractivity contribution in [1.82, 2.24) is 0 Å². The number of ketones is 1. The van der Waals surface area contributed by atoms with Crippen LogP contribution in [0.3, 0.4) is 0 Å². The second-order valence-corrected chi connectivity index (χ2v) is 7.83. The highest BCUT2D eigenvalue weighted by atomic mass is 35.5. The van der Waals surface area contributed by atoms with Gasteiger partial charge in [0.25, 0.3) is 0 Å².